The van der Waals surface area contributed by atoms with Crippen molar-refractivity contribution in [2.45, 2.75) is 51.6 Å². The first kappa shape index (κ1) is 14.2. The third-order valence-electron chi connectivity index (χ3n) is 4.61. The Labute approximate surface area is 127 Å². The van der Waals surface area contributed by atoms with Crippen LogP contribution < -0.4 is 5.32 Å². The van der Waals surface area contributed by atoms with E-state index in [-0.39, 0.29) is 0 Å². The van der Waals surface area contributed by atoms with Crippen LogP contribution in [0.5, 0.6) is 0 Å². The maximum Gasteiger partial charge on any atom is 0.0728 e. The zero-order chi connectivity index (χ0) is 14.5. The lowest BCUT2D eigenvalue weighted by molar-refractivity contribution is 0.317. The Balaban J connectivity index is 1.62. The lowest BCUT2D eigenvalue weighted by Crippen LogP contribution is -2.31. The summed E-state index contributed by atoms with van der Waals surface area (Å²) in [5.74, 6) is 0.816. The highest BCUT2D eigenvalue weighted by molar-refractivity contribution is 5.40. The number of nitrogens with zero attached hydrogens (tertiary/aromatic N) is 2. The third kappa shape index (κ3) is 3.66. The molecule has 0 radical (unpaired) electrons. The molecular weight excluding hydrogens is 258 g/mol. The summed E-state index contributed by atoms with van der Waals surface area (Å²) in [6.45, 7) is 3.15. The maximum absolute atomic E-state index is 4.48. The first-order valence-corrected chi connectivity index (χ1v) is 8.18. The molecule has 0 spiro atoms. The molecular formula is C18H25N3. The van der Waals surface area contributed by atoms with Gasteiger partial charge in [0.2, 0.25) is 0 Å². The summed E-state index contributed by atoms with van der Waals surface area (Å²) in [7, 11) is 0. The molecule has 0 aliphatic heterocycles. The Kier molecular flexibility index (Phi) is 4.59. The molecule has 1 saturated carbocycles. The van der Waals surface area contributed by atoms with Crippen LogP contribution in [0, 0.1) is 5.92 Å². The van der Waals surface area contributed by atoms with Crippen LogP contribution in [-0.2, 0) is 6.54 Å². The van der Waals surface area contributed by atoms with Gasteiger partial charge in [0.1, 0.15) is 0 Å². The minimum atomic E-state index is 0.623. The summed E-state index contributed by atoms with van der Waals surface area (Å²) in [6.07, 6.45) is 10.8. The average Bonchev–Trinajstić information content (AvgIpc) is 2.96. The fourth-order valence-electron chi connectivity index (χ4n) is 3.40. The Morgan fingerprint density at radius 2 is 2.00 bits per heavy atom. The van der Waals surface area contributed by atoms with E-state index < -0.39 is 0 Å². The van der Waals surface area contributed by atoms with Crippen molar-refractivity contribution in [3.8, 4) is 0 Å². The largest absolute Gasteiger partial charge is 0.379 e. The molecule has 1 heterocycles. The number of benzene rings is 1. The van der Waals surface area contributed by atoms with Crippen molar-refractivity contribution in [2.24, 2.45) is 5.92 Å². The molecule has 0 saturated heterocycles. The molecule has 1 fully saturated rings. The Morgan fingerprint density at radius 3 is 2.81 bits per heavy atom. The van der Waals surface area contributed by atoms with Gasteiger partial charge in [-0.05, 0) is 24.3 Å². The zero-order valence-corrected chi connectivity index (χ0v) is 12.8. The van der Waals surface area contributed by atoms with Crippen molar-refractivity contribution in [3.05, 3.63) is 48.3 Å². The van der Waals surface area contributed by atoms with Crippen LogP contribution in [0.25, 0.3) is 0 Å². The van der Waals surface area contributed by atoms with E-state index in [1.807, 2.05) is 16.9 Å². The molecule has 3 rings (SSSR count). The fourth-order valence-corrected chi connectivity index (χ4v) is 3.40. The summed E-state index contributed by atoms with van der Waals surface area (Å²) < 4.78 is 2.02. The normalized spacial score (nSPS) is 22.1. The molecule has 3 heteroatoms. The SMILES string of the molecule is CCC1CCCCC1Nc1cnn(Cc2ccccc2)c1. The lowest BCUT2D eigenvalue weighted by Gasteiger charge is -2.31. The number of rotatable bonds is 5. The highest BCUT2D eigenvalue weighted by Crippen LogP contribution is 2.29. The first-order valence-electron chi connectivity index (χ1n) is 8.18. The molecule has 3 nitrogen and oxygen atoms in total. The molecule has 1 aromatic carbocycles. The predicted molar refractivity (Wildman–Crippen MR) is 87.4 cm³/mol. The molecule has 1 aliphatic rings. The number of aromatic nitrogens is 2. The molecule has 0 bridgehead atoms. The van der Waals surface area contributed by atoms with Crippen LogP contribution in [0.3, 0.4) is 0 Å². The summed E-state index contributed by atoms with van der Waals surface area (Å²) in [6, 6.07) is 11.1. The zero-order valence-electron chi connectivity index (χ0n) is 12.8. The average molecular weight is 283 g/mol. The number of hydrogen-bond acceptors (Lipinski definition) is 2. The standard InChI is InChI=1S/C18H25N3/c1-2-16-10-6-7-11-18(16)20-17-12-19-21(14-17)13-15-8-4-3-5-9-15/h3-5,8-9,12,14,16,18,20H,2,6-7,10-11,13H2,1H3. The van der Waals surface area contributed by atoms with E-state index in [1.54, 1.807) is 0 Å². The van der Waals surface area contributed by atoms with E-state index in [0.29, 0.717) is 6.04 Å². The van der Waals surface area contributed by atoms with E-state index in [0.717, 1.165) is 18.2 Å². The number of hydrogen-bond donors (Lipinski definition) is 1. The van der Waals surface area contributed by atoms with Crippen molar-refractivity contribution in [2.75, 3.05) is 5.32 Å². The molecule has 2 aromatic rings. The van der Waals surface area contributed by atoms with E-state index >= 15 is 0 Å². The van der Waals surface area contributed by atoms with E-state index in [4.69, 9.17) is 0 Å². The van der Waals surface area contributed by atoms with Gasteiger partial charge >= 0.3 is 0 Å². The Hall–Kier alpha value is -1.77. The summed E-state index contributed by atoms with van der Waals surface area (Å²) in [5, 5.41) is 8.19. The van der Waals surface area contributed by atoms with Crippen molar-refractivity contribution in [1.29, 1.82) is 0 Å². The highest BCUT2D eigenvalue weighted by Gasteiger charge is 2.23. The van der Waals surface area contributed by atoms with Crippen molar-refractivity contribution < 1.29 is 0 Å². The van der Waals surface area contributed by atoms with Crippen molar-refractivity contribution in [3.63, 3.8) is 0 Å². The van der Waals surface area contributed by atoms with Crippen LogP contribution in [0.1, 0.15) is 44.6 Å². The van der Waals surface area contributed by atoms with Gasteiger partial charge in [0.05, 0.1) is 18.4 Å². The second-order valence-electron chi connectivity index (χ2n) is 6.12. The number of anilines is 1. The first-order chi connectivity index (χ1) is 10.3. The topological polar surface area (TPSA) is 29.9 Å². The molecule has 0 amide bonds. The molecule has 2 atom stereocenters. The van der Waals surface area contributed by atoms with Gasteiger partial charge in [-0.2, -0.15) is 5.10 Å². The van der Waals surface area contributed by atoms with Gasteiger partial charge in [-0.25, -0.2) is 0 Å². The molecule has 112 valence electrons. The van der Waals surface area contributed by atoms with Gasteiger partial charge in [-0.3, -0.25) is 4.68 Å². The summed E-state index contributed by atoms with van der Waals surface area (Å²) >= 11 is 0. The van der Waals surface area contributed by atoms with Crippen LogP contribution in [-0.4, -0.2) is 15.8 Å². The van der Waals surface area contributed by atoms with E-state index in [9.17, 15) is 0 Å². The monoisotopic (exact) mass is 283 g/mol. The smallest absolute Gasteiger partial charge is 0.0728 e. The number of nitrogens with one attached hydrogen (secondary N) is 1. The van der Waals surface area contributed by atoms with Crippen molar-refractivity contribution in [1.82, 2.24) is 9.78 Å². The Bertz CT molecular complexity index is 547. The second-order valence-corrected chi connectivity index (χ2v) is 6.12. The molecule has 1 aromatic heterocycles. The van der Waals surface area contributed by atoms with Gasteiger partial charge in [-0.1, -0.05) is 56.5 Å². The minimum absolute atomic E-state index is 0.623. The summed E-state index contributed by atoms with van der Waals surface area (Å²) in [5.41, 5.74) is 2.45. The maximum atomic E-state index is 4.48. The fraction of sp³-hybridized carbons (Fsp3) is 0.500. The van der Waals surface area contributed by atoms with Crippen molar-refractivity contribution >= 4 is 5.69 Å². The molecule has 1 aliphatic carbocycles. The molecule has 1 N–H and O–H groups in total. The van der Waals surface area contributed by atoms with Gasteiger partial charge in [0.25, 0.3) is 0 Å². The summed E-state index contributed by atoms with van der Waals surface area (Å²) in [4.78, 5) is 0. The van der Waals surface area contributed by atoms with Gasteiger partial charge < -0.3 is 5.32 Å². The van der Waals surface area contributed by atoms with Gasteiger partial charge in [0.15, 0.2) is 0 Å². The van der Waals surface area contributed by atoms with Crippen LogP contribution in [0.15, 0.2) is 42.7 Å². The van der Waals surface area contributed by atoms with Gasteiger partial charge in [0, 0.05) is 12.2 Å². The van der Waals surface area contributed by atoms with E-state index in [1.165, 1.54) is 37.7 Å². The second kappa shape index (κ2) is 6.79. The molecule has 21 heavy (non-hydrogen) atoms. The molecule has 2 unspecified atom stereocenters. The predicted octanol–water partition coefficient (Wildman–Crippen LogP) is 4.31. The minimum Gasteiger partial charge on any atom is -0.379 e. The Morgan fingerprint density at radius 1 is 1.19 bits per heavy atom. The quantitative estimate of drug-likeness (QED) is 0.886. The van der Waals surface area contributed by atoms with E-state index in [2.05, 4.69) is 47.8 Å². The third-order valence-corrected chi connectivity index (χ3v) is 4.61. The lowest BCUT2D eigenvalue weighted by atomic mass is 9.83. The van der Waals surface area contributed by atoms with Crippen LogP contribution >= 0.6 is 0 Å². The van der Waals surface area contributed by atoms with Gasteiger partial charge in [-0.15, -0.1) is 0 Å². The van der Waals surface area contributed by atoms with Crippen LogP contribution in [0.4, 0.5) is 5.69 Å². The van der Waals surface area contributed by atoms with Crippen LogP contribution in [0.2, 0.25) is 0 Å². The highest BCUT2D eigenvalue weighted by atomic mass is 15.3.